The van der Waals surface area contributed by atoms with Crippen LogP contribution in [-0.4, -0.2) is 70.2 Å². The number of rotatable bonds is 5. The van der Waals surface area contributed by atoms with Crippen LogP contribution in [0.2, 0.25) is 0 Å². The Morgan fingerprint density at radius 3 is 2.55 bits per heavy atom. The minimum atomic E-state index is -0.169. The number of aromatic nitrogens is 3. The van der Waals surface area contributed by atoms with Gasteiger partial charge in [0.05, 0.1) is 12.8 Å². The molecule has 1 amide bonds. The highest BCUT2D eigenvalue weighted by Gasteiger charge is 2.21. The van der Waals surface area contributed by atoms with Crippen molar-refractivity contribution in [2.45, 2.75) is 19.8 Å². The second-order valence-electron chi connectivity index (χ2n) is 8.11. The molecule has 0 N–H and O–H groups in total. The molecule has 0 atom stereocenters. The Morgan fingerprint density at radius 2 is 1.84 bits per heavy atom. The van der Waals surface area contributed by atoms with Gasteiger partial charge < -0.3 is 19.1 Å². The van der Waals surface area contributed by atoms with E-state index in [1.165, 1.54) is 4.52 Å². The summed E-state index contributed by atoms with van der Waals surface area (Å²) in [5.41, 5.74) is 3.53. The smallest absolute Gasteiger partial charge is 0.277 e. The number of para-hydroxylation sites is 1. The third-order valence-electron chi connectivity index (χ3n) is 6.25. The molecule has 0 bridgehead atoms. The van der Waals surface area contributed by atoms with Gasteiger partial charge in [-0.15, -0.1) is 0 Å². The molecule has 0 spiro atoms. The number of likely N-dealkylation sites (N-methyl/N-ethyl adjacent to an activating group) is 1. The topological polar surface area (TPSA) is 72.1 Å². The highest BCUT2D eigenvalue weighted by molar-refractivity contribution is 5.76. The second-order valence-corrected chi connectivity index (χ2v) is 8.11. The Balaban J connectivity index is 1.64. The summed E-state index contributed by atoms with van der Waals surface area (Å²) < 4.78 is 8.85. The van der Waals surface area contributed by atoms with E-state index in [-0.39, 0.29) is 11.5 Å². The Hall–Kier alpha value is -3.13. The average Bonchev–Trinajstić information content (AvgIpc) is 3.23. The van der Waals surface area contributed by atoms with Gasteiger partial charge in [-0.05, 0) is 32.5 Å². The molecule has 8 nitrogen and oxygen atoms in total. The van der Waals surface area contributed by atoms with Gasteiger partial charge in [-0.2, -0.15) is 9.61 Å². The summed E-state index contributed by atoms with van der Waals surface area (Å²) in [5.74, 6) is 0.806. The Bertz CT molecular complexity index is 1170. The molecule has 1 aromatic carbocycles. The molecule has 164 valence electrons. The molecule has 1 fully saturated rings. The van der Waals surface area contributed by atoms with Crippen LogP contribution in [0.25, 0.3) is 16.9 Å². The molecule has 4 rings (SSSR count). The Morgan fingerprint density at radius 1 is 1.13 bits per heavy atom. The van der Waals surface area contributed by atoms with Crippen LogP contribution in [0.4, 0.5) is 0 Å². The van der Waals surface area contributed by atoms with Crippen molar-refractivity contribution in [3.8, 4) is 17.0 Å². The van der Waals surface area contributed by atoms with Crippen LogP contribution in [0, 0.1) is 6.92 Å². The number of hydrogen-bond donors (Lipinski definition) is 0. The SMILES string of the molecule is COc1ccccc1-c1cc2n(C)c(C)c(CCC(=O)N3CCN(C)CC3)c(=O)n2n1. The van der Waals surface area contributed by atoms with Crippen LogP contribution in [-0.2, 0) is 18.3 Å². The lowest BCUT2D eigenvalue weighted by Gasteiger charge is -2.32. The first kappa shape index (κ1) is 21.1. The predicted molar refractivity (Wildman–Crippen MR) is 120 cm³/mol. The zero-order valence-electron chi connectivity index (χ0n) is 18.6. The molecule has 1 saturated heterocycles. The third-order valence-corrected chi connectivity index (χ3v) is 6.25. The van der Waals surface area contributed by atoms with E-state index in [1.54, 1.807) is 7.11 Å². The summed E-state index contributed by atoms with van der Waals surface area (Å²) in [6, 6.07) is 9.51. The molecule has 0 saturated carbocycles. The monoisotopic (exact) mass is 423 g/mol. The van der Waals surface area contributed by atoms with Gasteiger partial charge in [0.1, 0.15) is 11.4 Å². The molecular formula is C23H29N5O3. The largest absolute Gasteiger partial charge is 0.496 e. The van der Waals surface area contributed by atoms with Gasteiger partial charge in [0.2, 0.25) is 5.91 Å². The van der Waals surface area contributed by atoms with Crippen molar-refractivity contribution in [1.82, 2.24) is 24.0 Å². The molecule has 1 aliphatic heterocycles. The molecule has 31 heavy (non-hydrogen) atoms. The van der Waals surface area contributed by atoms with Crippen molar-refractivity contribution >= 4 is 11.6 Å². The van der Waals surface area contributed by atoms with E-state index >= 15 is 0 Å². The molecular weight excluding hydrogens is 394 g/mol. The fourth-order valence-electron chi connectivity index (χ4n) is 4.14. The van der Waals surface area contributed by atoms with Crippen LogP contribution >= 0.6 is 0 Å². The summed E-state index contributed by atoms with van der Waals surface area (Å²) >= 11 is 0. The summed E-state index contributed by atoms with van der Waals surface area (Å²) in [4.78, 5) is 30.0. The molecule has 2 aromatic heterocycles. The fourth-order valence-corrected chi connectivity index (χ4v) is 4.14. The molecule has 0 radical (unpaired) electrons. The molecule has 8 heteroatoms. The maximum absolute atomic E-state index is 13.3. The molecule has 3 heterocycles. The van der Waals surface area contributed by atoms with Crippen LogP contribution in [0.3, 0.4) is 0 Å². The number of piperazine rings is 1. The van der Waals surface area contributed by atoms with Crippen molar-refractivity contribution < 1.29 is 9.53 Å². The lowest BCUT2D eigenvalue weighted by Crippen LogP contribution is -2.47. The Labute approximate surface area is 181 Å². The first-order chi connectivity index (χ1) is 14.9. The number of amides is 1. The molecule has 0 unspecified atom stereocenters. The summed E-state index contributed by atoms with van der Waals surface area (Å²) in [7, 11) is 5.60. The highest BCUT2D eigenvalue weighted by atomic mass is 16.5. The van der Waals surface area contributed by atoms with Crippen molar-refractivity contribution in [1.29, 1.82) is 0 Å². The van der Waals surface area contributed by atoms with Crippen LogP contribution < -0.4 is 10.3 Å². The molecule has 1 aliphatic rings. The standard InChI is InChI=1S/C23H29N5O3/c1-16-17(9-10-22(29)27-13-11-25(2)12-14-27)23(30)28-21(26(16)3)15-19(24-28)18-7-5-6-8-20(18)31-4/h5-8,15H,9-14H2,1-4H3. The number of carbonyl (C=O) groups excluding carboxylic acids is 1. The van der Waals surface area contributed by atoms with Gasteiger partial charge in [0.15, 0.2) is 0 Å². The minimum absolute atomic E-state index is 0.102. The first-order valence-electron chi connectivity index (χ1n) is 10.6. The minimum Gasteiger partial charge on any atom is -0.496 e. The normalized spacial score (nSPS) is 14.9. The highest BCUT2D eigenvalue weighted by Crippen LogP contribution is 2.29. The van der Waals surface area contributed by atoms with Gasteiger partial charge in [-0.3, -0.25) is 9.59 Å². The molecule has 0 aliphatic carbocycles. The average molecular weight is 424 g/mol. The van der Waals surface area contributed by atoms with E-state index in [0.717, 1.165) is 37.4 Å². The number of fused-ring (bicyclic) bond motifs is 1. The van der Waals surface area contributed by atoms with E-state index in [0.29, 0.717) is 35.5 Å². The third kappa shape index (κ3) is 3.95. The van der Waals surface area contributed by atoms with Crippen molar-refractivity contribution in [3.63, 3.8) is 0 Å². The van der Waals surface area contributed by atoms with Crippen LogP contribution in [0.5, 0.6) is 5.75 Å². The van der Waals surface area contributed by atoms with Gasteiger partial charge in [-0.25, -0.2) is 0 Å². The van der Waals surface area contributed by atoms with Crippen LogP contribution in [0.15, 0.2) is 35.1 Å². The van der Waals surface area contributed by atoms with E-state index < -0.39 is 0 Å². The maximum atomic E-state index is 13.3. The van der Waals surface area contributed by atoms with Crippen molar-refractivity contribution in [3.05, 3.63) is 51.9 Å². The predicted octanol–water partition coefficient (Wildman–Crippen LogP) is 1.72. The van der Waals surface area contributed by atoms with Crippen LogP contribution in [0.1, 0.15) is 17.7 Å². The lowest BCUT2D eigenvalue weighted by atomic mass is 10.1. The fraction of sp³-hybridized carbons (Fsp3) is 0.435. The second kappa shape index (κ2) is 8.55. The zero-order valence-corrected chi connectivity index (χ0v) is 18.6. The number of nitrogens with zero attached hydrogens (tertiary/aromatic N) is 5. The van der Waals surface area contributed by atoms with Gasteiger partial charge in [0, 0.05) is 62.5 Å². The van der Waals surface area contributed by atoms with E-state index in [9.17, 15) is 9.59 Å². The van der Waals surface area contributed by atoms with E-state index in [4.69, 9.17) is 4.74 Å². The summed E-state index contributed by atoms with van der Waals surface area (Å²) in [6.45, 7) is 5.18. The number of methoxy groups -OCH3 is 1. The summed E-state index contributed by atoms with van der Waals surface area (Å²) in [5, 5.41) is 4.58. The van der Waals surface area contributed by atoms with Gasteiger partial charge in [-0.1, -0.05) is 12.1 Å². The Kier molecular flexibility index (Phi) is 5.82. The number of ether oxygens (including phenoxy) is 1. The number of carbonyl (C=O) groups is 1. The first-order valence-corrected chi connectivity index (χ1v) is 10.6. The number of hydrogen-bond acceptors (Lipinski definition) is 5. The number of aryl methyl sites for hydroxylation is 1. The lowest BCUT2D eigenvalue weighted by molar-refractivity contribution is -0.132. The maximum Gasteiger partial charge on any atom is 0.277 e. The van der Waals surface area contributed by atoms with Crippen molar-refractivity contribution in [2.24, 2.45) is 7.05 Å². The quantitative estimate of drug-likeness (QED) is 0.625. The van der Waals surface area contributed by atoms with Gasteiger partial charge in [0.25, 0.3) is 5.56 Å². The molecule has 3 aromatic rings. The van der Waals surface area contributed by atoms with Gasteiger partial charge >= 0.3 is 0 Å². The van der Waals surface area contributed by atoms with Crippen molar-refractivity contribution in [2.75, 3.05) is 40.3 Å². The van der Waals surface area contributed by atoms with E-state index in [2.05, 4.69) is 17.0 Å². The number of benzene rings is 1. The zero-order chi connectivity index (χ0) is 22.1. The summed E-state index contributed by atoms with van der Waals surface area (Å²) in [6.07, 6.45) is 0.732. The van der Waals surface area contributed by atoms with E-state index in [1.807, 2.05) is 53.8 Å².